The van der Waals surface area contributed by atoms with Gasteiger partial charge in [-0.1, -0.05) is 0 Å². The lowest BCUT2D eigenvalue weighted by atomic mass is 10.0. The SMILES string of the molecule is N#CC(C#N)=C1N(CCCO)CCN1C1CCNCC1. The zero-order valence-corrected chi connectivity index (χ0v) is 11.7. The maximum Gasteiger partial charge on any atom is 0.169 e. The lowest BCUT2D eigenvalue weighted by Gasteiger charge is -2.34. The highest BCUT2D eigenvalue weighted by Gasteiger charge is 2.33. The number of nitrogens with zero attached hydrogens (tertiary/aromatic N) is 4. The van der Waals surface area contributed by atoms with Gasteiger partial charge in [-0.2, -0.15) is 10.5 Å². The van der Waals surface area contributed by atoms with Crippen molar-refractivity contribution in [2.75, 3.05) is 39.3 Å². The van der Waals surface area contributed by atoms with Crippen LogP contribution >= 0.6 is 0 Å². The van der Waals surface area contributed by atoms with Crippen LogP contribution in [0, 0.1) is 22.7 Å². The maximum atomic E-state index is 9.20. The van der Waals surface area contributed by atoms with Crippen molar-refractivity contribution in [3.8, 4) is 12.1 Å². The quantitative estimate of drug-likeness (QED) is 0.702. The molecule has 108 valence electrons. The van der Waals surface area contributed by atoms with Gasteiger partial charge in [0.2, 0.25) is 0 Å². The minimum Gasteiger partial charge on any atom is -0.396 e. The summed E-state index contributed by atoms with van der Waals surface area (Å²) in [6.07, 6.45) is 2.75. The zero-order chi connectivity index (χ0) is 14.4. The van der Waals surface area contributed by atoms with E-state index in [1.165, 1.54) is 0 Å². The normalized spacial score (nSPS) is 19.9. The summed E-state index contributed by atoms with van der Waals surface area (Å²) in [7, 11) is 0. The van der Waals surface area contributed by atoms with Crippen LogP contribution in [-0.2, 0) is 0 Å². The van der Waals surface area contributed by atoms with E-state index in [4.69, 9.17) is 5.11 Å². The molecule has 0 aromatic rings. The predicted octanol–water partition coefficient (Wildman–Crippen LogP) is -0.00284. The van der Waals surface area contributed by atoms with Crippen LogP contribution in [0.25, 0.3) is 0 Å². The van der Waals surface area contributed by atoms with Gasteiger partial charge in [0.25, 0.3) is 0 Å². The van der Waals surface area contributed by atoms with Gasteiger partial charge in [0.05, 0.1) is 0 Å². The lowest BCUT2D eigenvalue weighted by Crippen LogP contribution is -2.42. The summed E-state index contributed by atoms with van der Waals surface area (Å²) in [5.74, 6) is 0.773. The highest BCUT2D eigenvalue weighted by molar-refractivity contribution is 5.40. The first kappa shape index (κ1) is 14.6. The minimum absolute atomic E-state index is 0.131. The Balaban J connectivity index is 2.21. The van der Waals surface area contributed by atoms with Crippen molar-refractivity contribution in [1.29, 1.82) is 10.5 Å². The van der Waals surface area contributed by atoms with E-state index in [0.717, 1.165) is 44.8 Å². The number of nitrogens with one attached hydrogen (secondary N) is 1. The summed E-state index contributed by atoms with van der Waals surface area (Å²) in [4.78, 5) is 4.29. The van der Waals surface area contributed by atoms with Crippen LogP contribution in [0.15, 0.2) is 11.4 Å². The van der Waals surface area contributed by atoms with E-state index in [9.17, 15) is 10.5 Å². The molecule has 20 heavy (non-hydrogen) atoms. The van der Waals surface area contributed by atoms with Crippen molar-refractivity contribution in [2.45, 2.75) is 25.3 Å². The molecule has 0 unspecified atom stereocenters. The summed E-state index contributed by atoms with van der Waals surface area (Å²) in [6, 6.07) is 4.46. The number of allylic oxidation sites excluding steroid dienone is 1. The molecule has 0 atom stereocenters. The van der Waals surface area contributed by atoms with E-state index >= 15 is 0 Å². The number of piperidine rings is 1. The Kier molecular flexibility index (Phi) is 5.23. The molecule has 0 spiro atoms. The molecule has 6 heteroatoms. The number of hydrogen-bond acceptors (Lipinski definition) is 6. The van der Waals surface area contributed by atoms with Crippen molar-refractivity contribution < 1.29 is 5.11 Å². The standard InChI is InChI=1S/C14H21N5O/c15-10-12(11-16)14-18(6-1-9-20)7-8-19(14)13-2-4-17-5-3-13/h13,17,20H,1-9H2. The third kappa shape index (κ3) is 3.04. The number of aliphatic hydroxyl groups is 1. The van der Waals surface area contributed by atoms with Gasteiger partial charge >= 0.3 is 0 Å². The van der Waals surface area contributed by atoms with Crippen molar-refractivity contribution in [3.05, 3.63) is 11.4 Å². The molecule has 0 amide bonds. The molecule has 2 aliphatic rings. The molecule has 2 heterocycles. The average Bonchev–Trinajstić information content (AvgIpc) is 2.91. The third-order valence-electron chi connectivity index (χ3n) is 3.97. The highest BCUT2D eigenvalue weighted by atomic mass is 16.3. The highest BCUT2D eigenvalue weighted by Crippen LogP contribution is 2.27. The Labute approximate surface area is 119 Å². The molecule has 0 aromatic carbocycles. The monoisotopic (exact) mass is 275 g/mol. The molecule has 2 fully saturated rings. The van der Waals surface area contributed by atoms with Crippen molar-refractivity contribution in [1.82, 2.24) is 15.1 Å². The molecular weight excluding hydrogens is 254 g/mol. The molecule has 2 saturated heterocycles. The molecular formula is C14H21N5O. The van der Waals surface area contributed by atoms with Crippen LogP contribution in [0.1, 0.15) is 19.3 Å². The molecule has 0 bridgehead atoms. The van der Waals surface area contributed by atoms with Crippen molar-refractivity contribution >= 4 is 0 Å². The smallest absolute Gasteiger partial charge is 0.169 e. The second kappa shape index (κ2) is 7.14. The van der Waals surface area contributed by atoms with Crippen LogP contribution in [0.4, 0.5) is 0 Å². The fraction of sp³-hybridized carbons (Fsp3) is 0.714. The first-order valence-electron chi connectivity index (χ1n) is 7.19. The van der Waals surface area contributed by atoms with Crippen LogP contribution in [-0.4, -0.2) is 60.3 Å². The third-order valence-corrected chi connectivity index (χ3v) is 3.97. The van der Waals surface area contributed by atoms with Gasteiger partial charge in [-0.15, -0.1) is 0 Å². The Morgan fingerprint density at radius 3 is 2.55 bits per heavy atom. The number of hydrogen-bond donors (Lipinski definition) is 2. The number of nitriles is 2. The first-order valence-corrected chi connectivity index (χ1v) is 7.19. The molecule has 0 saturated carbocycles. The Morgan fingerprint density at radius 2 is 1.95 bits per heavy atom. The van der Waals surface area contributed by atoms with Gasteiger partial charge in [-0.05, 0) is 32.4 Å². The molecule has 0 radical (unpaired) electrons. The van der Waals surface area contributed by atoms with Crippen LogP contribution < -0.4 is 5.32 Å². The van der Waals surface area contributed by atoms with E-state index in [1.807, 2.05) is 12.1 Å². The fourth-order valence-electron chi connectivity index (χ4n) is 3.00. The molecule has 0 aromatic heterocycles. The molecule has 0 aliphatic carbocycles. The number of rotatable bonds is 4. The summed E-state index contributed by atoms with van der Waals surface area (Å²) in [5, 5.41) is 30.7. The molecule has 2 aliphatic heterocycles. The van der Waals surface area contributed by atoms with E-state index in [-0.39, 0.29) is 12.2 Å². The summed E-state index contributed by atoms with van der Waals surface area (Å²) in [5.41, 5.74) is 0.193. The van der Waals surface area contributed by atoms with Gasteiger partial charge in [-0.3, -0.25) is 0 Å². The van der Waals surface area contributed by atoms with Gasteiger partial charge in [-0.25, -0.2) is 0 Å². The van der Waals surface area contributed by atoms with E-state index in [2.05, 4.69) is 15.1 Å². The average molecular weight is 275 g/mol. The second-order valence-electron chi connectivity index (χ2n) is 5.16. The van der Waals surface area contributed by atoms with Crippen LogP contribution in [0.3, 0.4) is 0 Å². The van der Waals surface area contributed by atoms with Crippen molar-refractivity contribution in [3.63, 3.8) is 0 Å². The van der Waals surface area contributed by atoms with E-state index < -0.39 is 0 Å². The summed E-state index contributed by atoms with van der Waals surface area (Å²) < 4.78 is 0. The van der Waals surface area contributed by atoms with Gasteiger partial charge < -0.3 is 20.2 Å². The second-order valence-corrected chi connectivity index (χ2v) is 5.16. The van der Waals surface area contributed by atoms with Crippen molar-refractivity contribution in [2.24, 2.45) is 0 Å². The van der Waals surface area contributed by atoms with Gasteiger partial charge in [0, 0.05) is 32.3 Å². The Hall–Kier alpha value is -1.76. The molecule has 2 rings (SSSR count). The maximum absolute atomic E-state index is 9.20. The summed E-state index contributed by atoms with van der Waals surface area (Å²) in [6.45, 7) is 4.48. The lowest BCUT2D eigenvalue weighted by molar-refractivity contribution is 0.211. The zero-order valence-electron chi connectivity index (χ0n) is 11.7. The molecule has 6 nitrogen and oxygen atoms in total. The Morgan fingerprint density at radius 1 is 1.25 bits per heavy atom. The van der Waals surface area contributed by atoms with E-state index in [0.29, 0.717) is 19.0 Å². The number of aliphatic hydroxyl groups excluding tert-OH is 1. The van der Waals surface area contributed by atoms with E-state index in [1.54, 1.807) is 0 Å². The van der Waals surface area contributed by atoms with Crippen LogP contribution in [0.2, 0.25) is 0 Å². The molecule has 2 N–H and O–H groups in total. The first-order chi connectivity index (χ1) is 9.81. The van der Waals surface area contributed by atoms with Gasteiger partial charge in [0.15, 0.2) is 5.57 Å². The largest absolute Gasteiger partial charge is 0.396 e. The summed E-state index contributed by atoms with van der Waals surface area (Å²) >= 11 is 0. The topological polar surface area (TPSA) is 86.3 Å². The minimum atomic E-state index is 0.131. The predicted molar refractivity (Wildman–Crippen MR) is 74.1 cm³/mol. The fourth-order valence-corrected chi connectivity index (χ4v) is 3.00. The van der Waals surface area contributed by atoms with Crippen LogP contribution in [0.5, 0.6) is 0 Å². The van der Waals surface area contributed by atoms with Gasteiger partial charge in [0.1, 0.15) is 18.0 Å². The Bertz CT molecular complexity index is 425.